The summed E-state index contributed by atoms with van der Waals surface area (Å²) in [6.07, 6.45) is 15.4. The summed E-state index contributed by atoms with van der Waals surface area (Å²) in [4.78, 5) is 4.41. The fraction of sp³-hybridized carbons (Fsp3) is 0.520. The van der Waals surface area contributed by atoms with E-state index in [1.54, 1.807) is 0 Å². The largest absolute Gasteiger partial charge is 0.333 e. The van der Waals surface area contributed by atoms with Gasteiger partial charge in [0.1, 0.15) is 0 Å². The number of benzene rings is 1. The van der Waals surface area contributed by atoms with Crippen LogP contribution in [0.15, 0.2) is 42.9 Å². The fourth-order valence-electron chi connectivity index (χ4n) is 4.84. The second-order valence-electron chi connectivity index (χ2n) is 8.79. The molecule has 158 valence electrons. The Morgan fingerprint density at radius 1 is 1.13 bits per heavy atom. The van der Waals surface area contributed by atoms with E-state index in [-0.39, 0.29) is 5.92 Å². The van der Waals surface area contributed by atoms with Crippen molar-refractivity contribution in [2.45, 2.75) is 70.5 Å². The van der Waals surface area contributed by atoms with Crippen LogP contribution in [-0.4, -0.2) is 15.6 Å². The average molecular weight is 423 g/mol. The standard InChI is InChI=1S/C25H31ClN4/c26-25-8-4-3-7-24(25)21-5-1-2-6-22(13-21)29-16-23-15-28-18-30(23)17-20-11-9-19(14-27)10-12-20/h3-4,7-8,13,15,18-20,22,29H,1-2,5-6,9-12,16-17H2. The molecule has 1 aromatic carbocycles. The fourth-order valence-corrected chi connectivity index (χ4v) is 5.10. The number of rotatable bonds is 6. The number of hydrogen-bond acceptors (Lipinski definition) is 3. The summed E-state index contributed by atoms with van der Waals surface area (Å²) < 4.78 is 2.31. The summed E-state index contributed by atoms with van der Waals surface area (Å²) in [5.74, 6) is 0.923. The number of imidazole rings is 1. The number of halogens is 1. The third kappa shape index (κ3) is 5.33. The van der Waals surface area contributed by atoms with E-state index < -0.39 is 0 Å². The number of nitrogens with one attached hydrogen (secondary N) is 1. The molecule has 1 unspecified atom stereocenters. The molecule has 0 spiro atoms. The molecule has 0 saturated heterocycles. The molecule has 2 aromatic rings. The normalized spacial score (nSPS) is 24.7. The van der Waals surface area contributed by atoms with Crippen molar-refractivity contribution in [2.24, 2.45) is 11.8 Å². The third-order valence-electron chi connectivity index (χ3n) is 6.66. The second-order valence-corrected chi connectivity index (χ2v) is 9.20. The van der Waals surface area contributed by atoms with Crippen LogP contribution in [0.5, 0.6) is 0 Å². The van der Waals surface area contributed by atoms with Gasteiger partial charge in [0.15, 0.2) is 0 Å². The van der Waals surface area contributed by atoms with Gasteiger partial charge in [-0.2, -0.15) is 5.26 Å². The Hall–Kier alpha value is -2.09. The van der Waals surface area contributed by atoms with E-state index in [1.807, 2.05) is 24.7 Å². The molecule has 0 bridgehead atoms. The van der Waals surface area contributed by atoms with Crippen molar-refractivity contribution < 1.29 is 0 Å². The van der Waals surface area contributed by atoms with E-state index in [1.165, 1.54) is 29.7 Å². The maximum atomic E-state index is 9.11. The first kappa shape index (κ1) is 21.2. The van der Waals surface area contributed by atoms with Crippen molar-refractivity contribution in [1.82, 2.24) is 14.9 Å². The summed E-state index contributed by atoms with van der Waals surface area (Å²) in [6.45, 7) is 1.84. The Morgan fingerprint density at radius 3 is 2.77 bits per heavy atom. The summed E-state index contributed by atoms with van der Waals surface area (Å²) in [7, 11) is 0. The molecule has 4 nitrogen and oxygen atoms in total. The van der Waals surface area contributed by atoms with Gasteiger partial charge in [0.05, 0.1) is 18.1 Å². The van der Waals surface area contributed by atoms with Crippen molar-refractivity contribution >= 4 is 17.2 Å². The molecule has 30 heavy (non-hydrogen) atoms. The van der Waals surface area contributed by atoms with Crippen LogP contribution in [0.25, 0.3) is 5.57 Å². The Kier molecular flexibility index (Phi) is 7.25. The van der Waals surface area contributed by atoms with E-state index in [2.05, 4.69) is 39.1 Å². The number of nitrogens with zero attached hydrogens (tertiary/aromatic N) is 3. The highest BCUT2D eigenvalue weighted by atomic mass is 35.5. The van der Waals surface area contributed by atoms with Crippen molar-refractivity contribution in [1.29, 1.82) is 5.26 Å². The van der Waals surface area contributed by atoms with Crippen molar-refractivity contribution in [3.63, 3.8) is 0 Å². The van der Waals surface area contributed by atoms with Crippen LogP contribution in [0.3, 0.4) is 0 Å². The minimum Gasteiger partial charge on any atom is -0.333 e. The molecule has 0 amide bonds. The summed E-state index contributed by atoms with van der Waals surface area (Å²) in [5, 5.41) is 13.7. The average Bonchev–Trinajstić information content (AvgIpc) is 3.07. The van der Waals surface area contributed by atoms with Gasteiger partial charge < -0.3 is 9.88 Å². The third-order valence-corrected chi connectivity index (χ3v) is 6.99. The highest BCUT2D eigenvalue weighted by molar-refractivity contribution is 6.32. The molecule has 1 N–H and O–H groups in total. The topological polar surface area (TPSA) is 53.6 Å². The first-order valence-corrected chi connectivity index (χ1v) is 11.7. The molecule has 1 aromatic heterocycles. The number of allylic oxidation sites excluding steroid dienone is 1. The maximum absolute atomic E-state index is 9.11. The van der Waals surface area contributed by atoms with Crippen molar-refractivity contribution in [3.8, 4) is 6.07 Å². The quantitative estimate of drug-likeness (QED) is 0.622. The predicted octanol–water partition coefficient (Wildman–Crippen LogP) is 5.98. The smallest absolute Gasteiger partial charge is 0.0948 e. The van der Waals surface area contributed by atoms with Gasteiger partial charge in [-0.3, -0.25) is 0 Å². The zero-order valence-corrected chi connectivity index (χ0v) is 18.3. The SMILES string of the molecule is N#CC1CCC(Cn2cncc2CNC2C=C(c3ccccc3Cl)CCCC2)CC1. The van der Waals surface area contributed by atoms with E-state index in [0.29, 0.717) is 12.0 Å². The van der Waals surface area contributed by atoms with Crippen LogP contribution >= 0.6 is 11.6 Å². The van der Waals surface area contributed by atoms with Gasteiger partial charge >= 0.3 is 0 Å². The minimum atomic E-state index is 0.263. The van der Waals surface area contributed by atoms with Crippen LogP contribution in [-0.2, 0) is 13.1 Å². The molecule has 1 atom stereocenters. The molecule has 4 rings (SSSR count). The first-order valence-electron chi connectivity index (χ1n) is 11.3. The summed E-state index contributed by atoms with van der Waals surface area (Å²) >= 11 is 6.46. The van der Waals surface area contributed by atoms with Gasteiger partial charge in [-0.25, -0.2) is 4.98 Å². The van der Waals surface area contributed by atoms with Gasteiger partial charge in [-0.1, -0.05) is 42.3 Å². The number of nitriles is 1. The maximum Gasteiger partial charge on any atom is 0.0948 e. The molecule has 1 heterocycles. The van der Waals surface area contributed by atoms with Crippen LogP contribution in [0.1, 0.15) is 62.6 Å². The monoisotopic (exact) mass is 422 g/mol. The van der Waals surface area contributed by atoms with Gasteiger partial charge in [-0.05, 0) is 68.1 Å². The minimum absolute atomic E-state index is 0.263. The predicted molar refractivity (Wildman–Crippen MR) is 122 cm³/mol. The Labute approximate surface area is 185 Å². The van der Waals surface area contributed by atoms with Crippen LogP contribution in [0.4, 0.5) is 0 Å². The lowest BCUT2D eigenvalue weighted by Crippen LogP contribution is -2.28. The Balaban J connectivity index is 1.38. The molecular formula is C25H31ClN4. The molecular weight excluding hydrogens is 392 g/mol. The zero-order chi connectivity index (χ0) is 20.8. The van der Waals surface area contributed by atoms with E-state index in [9.17, 15) is 0 Å². The highest BCUT2D eigenvalue weighted by Crippen LogP contribution is 2.31. The van der Waals surface area contributed by atoms with Gasteiger partial charge in [-0.15, -0.1) is 0 Å². The van der Waals surface area contributed by atoms with Crippen molar-refractivity contribution in [3.05, 3.63) is 59.1 Å². The number of aromatic nitrogens is 2. The molecule has 1 saturated carbocycles. The van der Waals surface area contributed by atoms with E-state index in [4.69, 9.17) is 16.9 Å². The highest BCUT2D eigenvalue weighted by Gasteiger charge is 2.22. The van der Waals surface area contributed by atoms with E-state index in [0.717, 1.165) is 56.6 Å². The Bertz CT molecular complexity index is 902. The molecule has 5 heteroatoms. The van der Waals surface area contributed by atoms with Crippen molar-refractivity contribution in [2.75, 3.05) is 0 Å². The van der Waals surface area contributed by atoms with Crippen LogP contribution in [0.2, 0.25) is 5.02 Å². The second kappa shape index (κ2) is 10.3. The lowest BCUT2D eigenvalue weighted by atomic mass is 9.83. The molecule has 1 fully saturated rings. The summed E-state index contributed by atoms with van der Waals surface area (Å²) in [5.41, 5.74) is 3.78. The molecule has 2 aliphatic rings. The first-order chi connectivity index (χ1) is 14.7. The lowest BCUT2D eigenvalue weighted by Gasteiger charge is -2.25. The van der Waals surface area contributed by atoms with Gasteiger partial charge in [0, 0.05) is 36.3 Å². The van der Waals surface area contributed by atoms with Gasteiger partial charge in [0.25, 0.3) is 0 Å². The van der Waals surface area contributed by atoms with Crippen LogP contribution < -0.4 is 5.32 Å². The van der Waals surface area contributed by atoms with E-state index >= 15 is 0 Å². The zero-order valence-electron chi connectivity index (χ0n) is 17.6. The Morgan fingerprint density at radius 2 is 1.97 bits per heavy atom. The summed E-state index contributed by atoms with van der Waals surface area (Å²) in [6, 6.07) is 11.0. The molecule has 0 radical (unpaired) electrons. The van der Waals surface area contributed by atoms with Crippen LogP contribution in [0, 0.1) is 23.2 Å². The molecule has 0 aliphatic heterocycles. The lowest BCUT2D eigenvalue weighted by molar-refractivity contribution is 0.282. The molecule has 2 aliphatic carbocycles. The van der Waals surface area contributed by atoms with Gasteiger partial charge in [0.2, 0.25) is 0 Å². The number of hydrogen-bond donors (Lipinski definition) is 1.